The fourth-order valence-electron chi connectivity index (χ4n) is 2.92. The molecule has 1 aliphatic heterocycles. The van der Waals surface area contributed by atoms with Gasteiger partial charge in [-0.1, -0.05) is 19.4 Å². The highest BCUT2D eigenvalue weighted by Crippen LogP contribution is 2.24. The van der Waals surface area contributed by atoms with Crippen LogP contribution in [0.25, 0.3) is 0 Å². The van der Waals surface area contributed by atoms with Gasteiger partial charge in [-0.3, -0.25) is 4.79 Å². The molecule has 128 valence electrons. The van der Waals surface area contributed by atoms with Crippen LogP contribution in [-0.4, -0.2) is 31.2 Å². The summed E-state index contributed by atoms with van der Waals surface area (Å²) in [6.07, 6.45) is 2.59. The number of carbonyl (C=O) groups excluding carboxylic acids is 1. The molecule has 23 heavy (non-hydrogen) atoms. The second kappa shape index (κ2) is 8.29. The number of benzene rings is 1. The van der Waals surface area contributed by atoms with Crippen LogP contribution >= 0.6 is 0 Å². The number of carbonyl (C=O) groups is 1. The Hall–Kier alpha value is -1.62. The van der Waals surface area contributed by atoms with Crippen molar-refractivity contribution in [3.63, 3.8) is 0 Å². The predicted molar refractivity (Wildman–Crippen MR) is 90.0 cm³/mol. The lowest BCUT2D eigenvalue weighted by atomic mass is 10.1. The van der Waals surface area contributed by atoms with Gasteiger partial charge in [0.1, 0.15) is 5.82 Å². The summed E-state index contributed by atoms with van der Waals surface area (Å²) in [7, 11) is 0. The van der Waals surface area contributed by atoms with Crippen molar-refractivity contribution in [2.24, 2.45) is 0 Å². The summed E-state index contributed by atoms with van der Waals surface area (Å²) in [6, 6.07) is 5.19. The maximum Gasteiger partial charge on any atom is 0.220 e. The molecule has 0 saturated carbocycles. The van der Waals surface area contributed by atoms with Crippen LogP contribution in [0.5, 0.6) is 0 Å². The molecule has 5 heteroatoms. The molecule has 0 bridgehead atoms. The molecule has 1 aromatic rings. The van der Waals surface area contributed by atoms with E-state index in [4.69, 9.17) is 4.74 Å². The molecule has 1 aliphatic rings. The van der Waals surface area contributed by atoms with Crippen LogP contribution in [0.1, 0.15) is 45.6 Å². The zero-order valence-electron chi connectivity index (χ0n) is 14.3. The third-order valence-electron chi connectivity index (χ3n) is 4.02. The third-order valence-corrected chi connectivity index (χ3v) is 4.02. The molecule has 0 spiro atoms. The van der Waals surface area contributed by atoms with Crippen LogP contribution in [-0.2, 0) is 16.1 Å². The summed E-state index contributed by atoms with van der Waals surface area (Å²) in [6.45, 7) is 7.80. The Morgan fingerprint density at radius 1 is 1.35 bits per heavy atom. The van der Waals surface area contributed by atoms with E-state index in [-0.39, 0.29) is 23.9 Å². The van der Waals surface area contributed by atoms with Gasteiger partial charge in [0.05, 0.1) is 17.9 Å². The highest BCUT2D eigenvalue weighted by Gasteiger charge is 2.24. The first-order chi connectivity index (χ1) is 11.0. The fraction of sp³-hybridized carbons (Fsp3) is 0.611. The summed E-state index contributed by atoms with van der Waals surface area (Å²) in [5.41, 5.74) is 1.39. The quantitative estimate of drug-likeness (QED) is 0.874. The number of nitrogens with zero attached hydrogens (tertiary/aromatic N) is 1. The van der Waals surface area contributed by atoms with Crippen molar-refractivity contribution >= 4 is 11.6 Å². The molecule has 0 aromatic heterocycles. The molecule has 0 unspecified atom stereocenters. The van der Waals surface area contributed by atoms with E-state index in [1.165, 1.54) is 6.07 Å². The zero-order valence-corrected chi connectivity index (χ0v) is 14.3. The number of morpholine rings is 1. The maximum atomic E-state index is 14.4. The minimum absolute atomic E-state index is 0.0205. The monoisotopic (exact) mass is 322 g/mol. The fourth-order valence-corrected chi connectivity index (χ4v) is 2.92. The molecule has 2 rings (SSSR count). The second-order valence-electron chi connectivity index (χ2n) is 6.33. The van der Waals surface area contributed by atoms with Crippen molar-refractivity contribution in [2.45, 2.75) is 58.8 Å². The van der Waals surface area contributed by atoms with Crippen molar-refractivity contribution in [1.82, 2.24) is 5.32 Å². The number of halogens is 1. The minimum Gasteiger partial charge on any atom is -0.372 e. The largest absolute Gasteiger partial charge is 0.372 e. The minimum atomic E-state index is -0.244. The Labute approximate surface area is 138 Å². The molecular formula is C18H27FN2O2. The molecule has 1 saturated heterocycles. The lowest BCUT2D eigenvalue weighted by Crippen LogP contribution is -2.45. The topological polar surface area (TPSA) is 41.6 Å². The smallest absolute Gasteiger partial charge is 0.220 e. The third kappa shape index (κ3) is 5.20. The zero-order chi connectivity index (χ0) is 16.8. The normalized spacial score (nSPS) is 21.3. The van der Waals surface area contributed by atoms with Crippen LogP contribution in [0.4, 0.5) is 10.1 Å². The van der Waals surface area contributed by atoms with Gasteiger partial charge >= 0.3 is 0 Å². The Morgan fingerprint density at radius 2 is 2.04 bits per heavy atom. The number of hydrogen-bond acceptors (Lipinski definition) is 3. The van der Waals surface area contributed by atoms with Gasteiger partial charge in [-0.25, -0.2) is 4.39 Å². The second-order valence-corrected chi connectivity index (χ2v) is 6.33. The SMILES string of the molecule is CCCCC(=O)NCc1ccc(N2C[C@@H](C)O[C@H](C)C2)c(F)c1. The van der Waals surface area contributed by atoms with Crippen molar-refractivity contribution < 1.29 is 13.9 Å². The van der Waals surface area contributed by atoms with Crippen molar-refractivity contribution in [3.8, 4) is 0 Å². The molecule has 1 amide bonds. The predicted octanol–water partition coefficient (Wildman–Crippen LogP) is 3.25. The average Bonchev–Trinajstić information content (AvgIpc) is 2.50. The highest BCUT2D eigenvalue weighted by atomic mass is 19.1. The van der Waals surface area contributed by atoms with Crippen LogP contribution in [0.3, 0.4) is 0 Å². The number of rotatable bonds is 6. The van der Waals surface area contributed by atoms with Crippen molar-refractivity contribution in [2.75, 3.05) is 18.0 Å². The van der Waals surface area contributed by atoms with Crippen LogP contribution in [0.15, 0.2) is 18.2 Å². The van der Waals surface area contributed by atoms with Gasteiger partial charge in [0.25, 0.3) is 0 Å². The summed E-state index contributed by atoms with van der Waals surface area (Å²) in [5, 5.41) is 2.83. The summed E-state index contributed by atoms with van der Waals surface area (Å²) >= 11 is 0. The molecule has 2 atom stereocenters. The van der Waals surface area contributed by atoms with E-state index in [0.717, 1.165) is 18.4 Å². The first-order valence-corrected chi connectivity index (χ1v) is 8.45. The maximum absolute atomic E-state index is 14.4. The van der Waals surface area contributed by atoms with Crippen molar-refractivity contribution in [1.29, 1.82) is 0 Å². The van der Waals surface area contributed by atoms with E-state index in [0.29, 0.717) is 31.7 Å². The van der Waals surface area contributed by atoms with Crippen LogP contribution in [0.2, 0.25) is 0 Å². The van der Waals surface area contributed by atoms with Gasteiger partial charge in [-0.2, -0.15) is 0 Å². The van der Waals surface area contributed by atoms with Gasteiger partial charge < -0.3 is 15.0 Å². The Morgan fingerprint density at radius 3 is 2.65 bits per heavy atom. The molecule has 1 fully saturated rings. The van der Waals surface area contributed by atoms with E-state index in [9.17, 15) is 9.18 Å². The molecule has 1 N–H and O–H groups in total. The molecule has 0 aliphatic carbocycles. The van der Waals surface area contributed by atoms with Gasteiger partial charge in [0.15, 0.2) is 0 Å². The van der Waals surface area contributed by atoms with Gasteiger partial charge in [0.2, 0.25) is 5.91 Å². The first-order valence-electron chi connectivity index (χ1n) is 8.45. The van der Waals surface area contributed by atoms with Crippen LogP contribution < -0.4 is 10.2 Å². The summed E-state index contributed by atoms with van der Waals surface area (Å²) < 4.78 is 20.1. The number of unbranched alkanes of at least 4 members (excludes halogenated alkanes) is 1. The van der Waals surface area contributed by atoms with Gasteiger partial charge in [-0.15, -0.1) is 0 Å². The van der Waals surface area contributed by atoms with Gasteiger partial charge in [0, 0.05) is 26.1 Å². The lowest BCUT2D eigenvalue weighted by molar-refractivity contribution is -0.121. The Kier molecular flexibility index (Phi) is 6.39. The van der Waals surface area contributed by atoms with Crippen LogP contribution in [0, 0.1) is 5.82 Å². The number of nitrogens with one attached hydrogen (secondary N) is 1. The number of ether oxygens (including phenoxy) is 1. The Balaban J connectivity index is 1.96. The Bertz CT molecular complexity index is 526. The van der Waals surface area contributed by atoms with Gasteiger partial charge in [-0.05, 0) is 38.0 Å². The summed E-state index contributed by atoms with van der Waals surface area (Å²) in [5.74, 6) is -0.223. The summed E-state index contributed by atoms with van der Waals surface area (Å²) in [4.78, 5) is 13.6. The molecule has 1 heterocycles. The lowest BCUT2D eigenvalue weighted by Gasteiger charge is -2.37. The first kappa shape index (κ1) is 17.7. The van der Waals surface area contributed by atoms with E-state index in [1.807, 2.05) is 24.8 Å². The van der Waals surface area contributed by atoms with E-state index in [2.05, 4.69) is 12.2 Å². The number of anilines is 1. The standard InChI is InChI=1S/C18H27FN2O2/c1-4-5-6-18(22)20-10-15-7-8-17(16(19)9-15)21-11-13(2)23-14(3)12-21/h7-9,13-14H,4-6,10-12H2,1-3H3,(H,20,22)/t13-,14-/m1/s1. The molecule has 4 nitrogen and oxygen atoms in total. The molecule has 1 aromatic carbocycles. The van der Waals surface area contributed by atoms with E-state index < -0.39 is 0 Å². The van der Waals surface area contributed by atoms with E-state index in [1.54, 1.807) is 6.07 Å². The number of hydrogen-bond donors (Lipinski definition) is 1. The average molecular weight is 322 g/mol. The van der Waals surface area contributed by atoms with E-state index >= 15 is 0 Å². The van der Waals surface area contributed by atoms with Crippen molar-refractivity contribution in [3.05, 3.63) is 29.6 Å². The molecule has 0 radical (unpaired) electrons. The highest BCUT2D eigenvalue weighted by molar-refractivity contribution is 5.75. The molecular weight excluding hydrogens is 295 g/mol. The number of amides is 1.